The molecule has 0 bridgehead atoms. The van der Waals surface area contributed by atoms with Crippen LogP contribution < -0.4 is 4.90 Å². The number of phenolic OH excluding ortho intramolecular Hbond substituents is 1. The highest BCUT2D eigenvalue weighted by Crippen LogP contribution is 2.34. The zero-order valence-electron chi connectivity index (χ0n) is 12.8. The molecule has 0 amide bonds. The second-order valence-electron chi connectivity index (χ2n) is 5.76. The van der Waals surface area contributed by atoms with E-state index in [2.05, 4.69) is 24.6 Å². The van der Waals surface area contributed by atoms with Crippen LogP contribution in [0.5, 0.6) is 5.75 Å². The van der Waals surface area contributed by atoms with Gasteiger partial charge in [-0.15, -0.1) is 10.2 Å². The predicted molar refractivity (Wildman–Crippen MR) is 89.8 cm³/mol. The Morgan fingerprint density at radius 1 is 1.22 bits per heavy atom. The van der Waals surface area contributed by atoms with E-state index in [0.717, 1.165) is 41.0 Å². The number of hydrogen-bond donors (Lipinski definition) is 1. The van der Waals surface area contributed by atoms with Crippen molar-refractivity contribution >= 4 is 16.5 Å². The Morgan fingerprint density at radius 3 is 2.78 bits per heavy atom. The van der Waals surface area contributed by atoms with Gasteiger partial charge in [-0.1, -0.05) is 11.3 Å². The Labute approximate surface area is 138 Å². The van der Waals surface area contributed by atoms with E-state index in [1.54, 1.807) is 23.5 Å². The topological polar surface area (TPSA) is 67.1 Å². The number of anilines is 1. The van der Waals surface area contributed by atoms with Gasteiger partial charge >= 0.3 is 0 Å². The lowest BCUT2D eigenvalue weighted by atomic mass is 10.1. The summed E-state index contributed by atoms with van der Waals surface area (Å²) in [5, 5.41) is 19.8. The van der Waals surface area contributed by atoms with E-state index < -0.39 is 0 Å². The summed E-state index contributed by atoms with van der Waals surface area (Å²) in [7, 11) is 2.04. The molecule has 118 valence electrons. The summed E-state index contributed by atoms with van der Waals surface area (Å²) >= 11 is 1.59. The third-order valence-electron chi connectivity index (χ3n) is 4.21. The lowest BCUT2D eigenvalue weighted by Gasteiger charge is -2.14. The summed E-state index contributed by atoms with van der Waals surface area (Å²) < 4.78 is 2.09. The van der Waals surface area contributed by atoms with Crippen molar-refractivity contribution in [3.63, 3.8) is 0 Å². The maximum atomic E-state index is 9.37. The lowest BCUT2D eigenvalue weighted by molar-refractivity contribution is 0.475. The third-order valence-corrected chi connectivity index (χ3v) is 5.24. The number of imidazole rings is 1. The van der Waals surface area contributed by atoms with E-state index in [1.807, 2.05) is 31.6 Å². The first-order valence-electron chi connectivity index (χ1n) is 7.56. The fraction of sp³-hybridized carbons (Fsp3) is 0.312. The molecular weight excluding hydrogens is 310 g/mol. The van der Waals surface area contributed by atoms with Crippen molar-refractivity contribution in [1.82, 2.24) is 19.7 Å². The molecule has 1 saturated heterocycles. The molecule has 0 saturated carbocycles. The molecule has 1 aliphatic heterocycles. The summed E-state index contributed by atoms with van der Waals surface area (Å²) in [4.78, 5) is 6.75. The van der Waals surface area contributed by atoms with Crippen LogP contribution in [0.2, 0.25) is 0 Å². The molecule has 7 heteroatoms. The normalized spacial score (nSPS) is 17.8. The Morgan fingerprint density at radius 2 is 2.04 bits per heavy atom. The van der Waals surface area contributed by atoms with Crippen molar-refractivity contribution in [2.75, 3.05) is 18.0 Å². The largest absolute Gasteiger partial charge is 0.508 e. The number of phenols is 1. The van der Waals surface area contributed by atoms with Crippen LogP contribution in [0, 0.1) is 0 Å². The van der Waals surface area contributed by atoms with Crippen LogP contribution in [0.4, 0.5) is 5.13 Å². The number of nitrogens with zero attached hydrogens (tertiary/aromatic N) is 5. The van der Waals surface area contributed by atoms with Crippen molar-refractivity contribution in [3.8, 4) is 16.3 Å². The Balaban J connectivity index is 1.52. The average Bonchev–Trinajstić information content (AvgIpc) is 3.26. The number of rotatable bonds is 3. The summed E-state index contributed by atoms with van der Waals surface area (Å²) in [6.07, 6.45) is 4.93. The van der Waals surface area contributed by atoms with E-state index in [1.165, 1.54) is 0 Å². The third kappa shape index (κ3) is 2.68. The van der Waals surface area contributed by atoms with E-state index in [0.29, 0.717) is 5.92 Å². The summed E-state index contributed by atoms with van der Waals surface area (Å²) in [6, 6.07) is 7.06. The van der Waals surface area contributed by atoms with Crippen molar-refractivity contribution in [2.45, 2.75) is 12.3 Å². The van der Waals surface area contributed by atoms with Crippen molar-refractivity contribution in [3.05, 3.63) is 42.5 Å². The monoisotopic (exact) mass is 327 g/mol. The molecule has 1 fully saturated rings. The molecule has 1 atom stereocenters. The molecule has 6 nitrogen and oxygen atoms in total. The predicted octanol–water partition coefficient (Wildman–Crippen LogP) is 2.64. The Hall–Kier alpha value is -2.41. The molecule has 1 unspecified atom stereocenters. The number of aromatic hydroxyl groups is 1. The van der Waals surface area contributed by atoms with E-state index >= 15 is 0 Å². The van der Waals surface area contributed by atoms with Gasteiger partial charge in [0.2, 0.25) is 5.13 Å². The maximum absolute atomic E-state index is 9.37. The number of aromatic nitrogens is 4. The first-order chi connectivity index (χ1) is 11.2. The summed E-state index contributed by atoms with van der Waals surface area (Å²) in [5.41, 5.74) is 0.978. The number of hydrogen-bond acceptors (Lipinski definition) is 6. The molecule has 3 heterocycles. The summed E-state index contributed by atoms with van der Waals surface area (Å²) in [6.45, 7) is 1.90. The van der Waals surface area contributed by atoms with Gasteiger partial charge in [-0.05, 0) is 30.7 Å². The van der Waals surface area contributed by atoms with Crippen LogP contribution in [0.15, 0.2) is 36.7 Å². The van der Waals surface area contributed by atoms with E-state index in [-0.39, 0.29) is 5.75 Å². The molecule has 23 heavy (non-hydrogen) atoms. The van der Waals surface area contributed by atoms with Crippen LogP contribution in [0.1, 0.15) is 18.2 Å². The minimum absolute atomic E-state index is 0.260. The first kappa shape index (κ1) is 14.2. The van der Waals surface area contributed by atoms with Crippen LogP contribution in [-0.2, 0) is 7.05 Å². The minimum atomic E-state index is 0.260. The van der Waals surface area contributed by atoms with Gasteiger partial charge < -0.3 is 14.6 Å². The van der Waals surface area contributed by atoms with Crippen LogP contribution in [0.3, 0.4) is 0 Å². The molecule has 0 radical (unpaired) electrons. The summed E-state index contributed by atoms with van der Waals surface area (Å²) in [5.74, 6) is 1.84. The molecule has 2 aromatic heterocycles. The van der Waals surface area contributed by atoms with Gasteiger partial charge in [-0.3, -0.25) is 0 Å². The average molecular weight is 327 g/mol. The van der Waals surface area contributed by atoms with Gasteiger partial charge in [0.05, 0.1) is 0 Å². The fourth-order valence-electron chi connectivity index (χ4n) is 2.98. The Bertz CT molecular complexity index is 810. The fourth-order valence-corrected chi connectivity index (χ4v) is 3.86. The zero-order chi connectivity index (χ0) is 15.8. The second-order valence-corrected chi connectivity index (χ2v) is 6.72. The SMILES string of the molecule is Cn1ccnc1C1CCN(c2nnc(-c3ccc(O)cc3)s2)C1. The van der Waals surface area contributed by atoms with Gasteiger partial charge in [0.1, 0.15) is 16.6 Å². The second kappa shape index (κ2) is 5.66. The molecule has 4 rings (SSSR count). The molecule has 1 aromatic carbocycles. The van der Waals surface area contributed by atoms with Gasteiger partial charge in [0.25, 0.3) is 0 Å². The van der Waals surface area contributed by atoms with Crippen molar-refractivity contribution in [2.24, 2.45) is 7.05 Å². The standard InChI is InChI=1S/C16H17N5OS/c1-20-9-7-17-14(20)12-6-8-21(10-12)16-19-18-15(23-16)11-2-4-13(22)5-3-11/h2-5,7,9,12,22H,6,8,10H2,1H3. The number of benzene rings is 1. The molecule has 0 spiro atoms. The lowest BCUT2D eigenvalue weighted by Crippen LogP contribution is -2.19. The zero-order valence-corrected chi connectivity index (χ0v) is 13.6. The molecule has 1 aliphatic rings. The molecule has 0 aliphatic carbocycles. The van der Waals surface area contributed by atoms with Gasteiger partial charge in [-0.2, -0.15) is 0 Å². The van der Waals surface area contributed by atoms with Crippen molar-refractivity contribution < 1.29 is 5.11 Å². The first-order valence-corrected chi connectivity index (χ1v) is 8.37. The smallest absolute Gasteiger partial charge is 0.208 e. The molecule has 1 N–H and O–H groups in total. The van der Waals surface area contributed by atoms with Gasteiger partial charge in [0, 0.05) is 44.0 Å². The molecule has 3 aromatic rings. The van der Waals surface area contributed by atoms with Crippen LogP contribution in [-0.4, -0.2) is 37.9 Å². The van der Waals surface area contributed by atoms with Crippen LogP contribution in [0.25, 0.3) is 10.6 Å². The van der Waals surface area contributed by atoms with E-state index in [9.17, 15) is 5.11 Å². The van der Waals surface area contributed by atoms with Gasteiger partial charge in [0.15, 0.2) is 0 Å². The quantitative estimate of drug-likeness (QED) is 0.801. The minimum Gasteiger partial charge on any atom is -0.508 e. The maximum Gasteiger partial charge on any atom is 0.208 e. The van der Waals surface area contributed by atoms with Crippen molar-refractivity contribution in [1.29, 1.82) is 0 Å². The highest BCUT2D eigenvalue weighted by Gasteiger charge is 2.28. The highest BCUT2D eigenvalue weighted by atomic mass is 32.1. The highest BCUT2D eigenvalue weighted by molar-refractivity contribution is 7.18. The Kier molecular flexibility index (Phi) is 3.49. The van der Waals surface area contributed by atoms with Gasteiger partial charge in [-0.25, -0.2) is 4.98 Å². The van der Waals surface area contributed by atoms with E-state index in [4.69, 9.17) is 0 Å². The molecular formula is C16H17N5OS. The van der Waals surface area contributed by atoms with Crippen LogP contribution >= 0.6 is 11.3 Å². The number of aryl methyl sites for hydroxylation is 1.